The molecule has 0 spiro atoms. The standard InChI is InChI=1S/C11H14O2/c1-3-13-11(12)10-7(2)8-4-5-9(10)6-8/h4-5,8-9H,3,6H2,1-2H3. The topological polar surface area (TPSA) is 26.3 Å². The molecule has 2 heteroatoms. The maximum atomic E-state index is 11.5. The van der Waals surface area contributed by atoms with E-state index in [1.54, 1.807) is 0 Å². The van der Waals surface area contributed by atoms with Crippen molar-refractivity contribution in [2.75, 3.05) is 6.61 Å². The molecule has 0 aliphatic heterocycles. The highest BCUT2D eigenvalue weighted by atomic mass is 16.5. The molecule has 0 aromatic heterocycles. The van der Waals surface area contributed by atoms with Gasteiger partial charge >= 0.3 is 5.97 Å². The molecule has 0 saturated carbocycles. The normalized spacial score (nSPS) is 30.0. The summed E-state index contributed by atoms with van der Waals surface area (Å²) in [6.45, 7) is 4.36. The highest BCUT2D eigenvalue weighted by Crippen LogP contribution is 2.43. The second kappa shape index (κ2) is 3.02. The molecule has 70 valence electrons. The van der Waals surface area contributed by atoms with Gasteiger partial charge in [-0.15, -0.1) is 0 Å². The number of hydrogen-bond acceptors (Lipinski definition) is 2. The summed E-state index contributed by atoms with van der Waals surface area (Å²) in [5.74, 6) is 0.727. The molecule has 2 unspecified atom stereocenters. The van der Waals surface area contributed by atoms with Crippen LogP contribution in [0.5, 0.6) is 0 Å². The van der Waals surface area contributed by atoms with Crippen LogP contribution in [0.15, 0.2) is 23.3 Å². The van der Waals surface area contributed by atoms with Crippen LogP contribution < -0.4 is 0 Å². The summed E-state index contributed by atoms with van der Waals surface area (Å²) in [7, 11) is 0. The average Bonchev–Trinajstić information content (AvgIpc) is 2.63. The van der Waals surface area contributed by atoms with Crippen LogP contribution in [0.25, 0.3) is 0 Å². The van der Waals surface area contributed by atoms with E-state index in [-0.39, 0.29) is 5.97 Å². The van der Waals surface area contributed by atoms with Crippen molar-refractivity contribution in [3.05, 3.63) is 23.3 Å². The van der Waals surface area contributed by atoms with Crippen molar-refractivity contribution in [1.29, 1.82) is 0 Å². The molecule has 0 aromatic carbocycles. The van der Waals surface area contributed by atoms with Crippen molar-refractivity contribution in [3.8, 4) is 0 Å². The minimum absolute atomic E-state index is 0.114. The Morgan fingerprint density at radius 2 is 2.23 bits per heavy atom. The fourth-order valence-electron chi connectivity index (χ4n) is 2.25. The molecule has 2 atom stereocenters. The molecule has 0 saturated heterocycles. The van der Waals surface area contributed by atoms with Crippen LogP contribution in [0, 0.1) is 11.8 Å². The summed E-state index contributed by atoms with van der Waals surface area (Å²) in [6, 6.07) is 0. The first-order valence-electron chi connectivity index (χ1n) is 4.80. The summed E-state index contributed by atoms with van der Waals surface area (Å²) >= 11 is 0. The van der Waals surface area contributed by atoms with Gasteiger partial charge in [-0.3, -0.25) is 0 Å². The van der Waals surface area contributed by atoms with Crippen molar-refractivity contribution in [3.63, 3.8) is 0 Å². The molecule has 13 heavy (non-hydrogen) atoms. The number of fused-ring (bicyclic) bond motifs is 2. The molecule has 0 N–H and O–H groups in total. The molecule has 2 rings (SSSR count). The van der Waals surface area contributed by atoms with Gasteiger partial charge < -0.3 is 4.74 Å². The Hall–Kier alpha value is -1.05. The monoisotopic (exact) mass is 178 g/mol. The lowest BCUT2D eigenvalue weighted by Crippen LogP contribution is -2.13. The Kier molecular flexibility index (Phi) is 1.98. The van der Waals surface area contributed by atoms with Crippen LogP contribution in [0.2, 0.25) is 0 Å². The van der Waals surface area contributed by atoms with Gasteiger partial charge in [-0.1, -0.05) is 17.7 Å². The zero-order valence-corrected chi connectivity index (χ0v) is 8.04. The van der Waals surface area contributed by atoms with Crippen LogP contribution >= 0.6 is 0 Å². The third kappa shape index (κ3) is 1.21. The Bertz CT molecular complexity index is 299. The fourth-order valence-corrected chi connectivity index (χ4v) is 2.25. The molecular formula is C11H14O2. The smallest absolute Gasteiger partial charge is 0.334 e. The highest BCUT2D eigenvalue weighted by Gasteiger charge is 2.36. The van der Waals surface area contributed by atoms with E-state index in [0.29, 0.717) is 18.4 Å². The molecule has 0 heterocycles. The van der Waals surface area contributed by atoms with E-state index in [4.69, 9.17) is 4.74 Å². The maximum Gasteiger partial charge on any atom is 0.334 e. The molecule has 0 aromatic rings. The number of carbonyl (C=O) groups is 1. The summed E-state index contributed by atoms with van der Waals surface area (Å²) in [5, 5.41) is 0. The van der Waals surface area contributed by atoms with E-state index in [1.165, 1.54) is 5.57 Å². The molecule has 2 bridgehead atoms. The van der Waals surface area contributed by atoms with E-state index >= 15 is 0 Å². The number of carbonyl (C=O) groups excluding carboxylic acids is 1. The van der Waals surface area contributed by atoms with Gasteiger partial charge in [0, 0.05) is 11.5 Å². The number of esters is 1. The number of hydrogen-bond donors (Lipinski definition) is 0. The number of allylic oxidation sites excluding steroid dienone is 3. The van der Waals surface area contributed by atoms with E-state index < -0.39 is 0 Å². The summed E-state index contributed by atoms with van der Waals surface area (Å²) in [5.41, 5.74) is 2.13. The number of rotatable bonds is 2. The SMILES string of the molecule is CCOC(=O)C1=C(C)C2C=CC1C2. The molecule has 0 fully saturated rings. The van der Waals surface area contributed by atoms with Crippen molar-refractivity contribution >= 4 is 5.97 Å². The quantitative estimate of drug-likeness (QED) is 0.478. The Balaban J connectivity index is 2.20. The molecule has 2 aliphatic carbocycles. The van der Waals surface area contributed by atoms with Crippen molar-refractivity contribution in [2.45, 2.75) is 20.3 Å². The second-order valence-electron chi connectivity index (χ2n) is 3.65. The van der Waals surface area contributed by atoms with E-state index in [1.807, 2.05) is 13.8 Å². The summed E-state index contributed by atoms with van der Waals surface area (Å²) in [6.07, 6.45) is 5.41. The van der Waals surface area contributed by atoms with E-state index in [9.17, 15) is 4.79 Å². The van der Waals surface area contributed by atoms with Crippen LogP contribution in [-0.2, 0) is 9.53 Å². The Morgan fingerprint density at radius 1 is 1.54 bits per heavy atom. The molecule has 0 amide bonds. The highest BCUT2D eigenvalue weighted by molar-refractivity contribution is 5.91. The van der Waals surface area contributed by atoms with Gasteiger partial charge in [-0.25, -0.2) is 4.79 Å². The maximum absolute atomic E-state index is 11.5. The van der Waals surface area contributed by atoms with Crippen molar-refractivity contribution < 1.29 is 9.53 Å². The number of ether oxygens (including phenoxy) is 1. The molecular weight excluding hydrogens is 164 g/mol. The summed E-state index contributed by atoms with van der Waals surface area (Å²) in [4.78, 5) is 11.5. The zero-order valence-electron chi connectivity index (χ0n) is 8.04. The van der Waals surface area contributed by atoms with Gasteiger partial charge in [0.05, 0.1) is 6.61 Å². The lowest BCUT2D eigenvalue weighted by molar-refractivity contribution is -0.138. The second-order valence-corrected chi connectivity index (χ2v) is 3.65. The predicted octanol–water partition coefficient (Wildman–Crippen LogP) is 2.07. The zero-order chi connectivity index (χ0) is 9.42. The van der Waals surface area contributed by atoms with Crippen LogP contribution in [-0.4, -0.2) is 12.6 Å². The van der Waals surface area contributed by atoms with Gasteiger partial charge in [0.1, 0.15) is 0 Å². The van der Waals surface area contributed by atoms with Crippen molar-refractivity contribution in [1.82, 2.24) is 0 Å². The Morgan fingerprint density at radius 3 is 2.77 bits per heavy atom. The lowest BCUT2D eigenvalue weighted by Gasteiger charge is -2.11. The summed E-state index contributed by atoms with van der Waals surface area (Å²) < 4.78 is 5.02. The molecule has 2 nitrogen and oxygen atoms in total. The lowest BCUT2D eigenvalue weighted by atomic mass is 9.98. The largest absolute Gasteiger partial charge is 0.463 e. The van der Waals surface area contributed by atoms with Crippen LogP contribution in [0.1, 0.15) is 20.3 Å². The van der Waals surface area contributed by atoms with Gasteiger partial charge in [0.25, 0.3) is 0 Å². The minimum Gasteiger partial charge on any atom is -0.463 e. The van der Waals surface area contributed by atoms with Crippen molar-refractivity contribution in [2.24, 2.45) is 11.8 Å². The van der Waals surface area contributed by atoms with Gasteiger partial charge in [0.2, 0.25) is 0 Å². The Labute approximate surface area is 78.3 Å². The third-order valence-electron chi connectivity index (χ3n) is 2.93. The van der Waals surface area contributed by atoms with Crippen LogP contribution in [0.4, 0.5) is 0 Å². The van der Waals surface area contributed by atoms with E-state index in [0.717, 1.165) is 12.0 Å². The van der Waals surface area contributed by atoms with Gasteiger partial charge in [0.15, 0.2) is 0 Å². The van der Waals surface area contributed by atoms with Gasteiger partial charge in [-0.05, 0) is 26.2 Å². The third-order valence-corrected chi connectivity index (χ3v) is 2.93. The minimum atomic E-state index is -0.114. The first kappa shape index (κ1) is 8.54. The van der Waals surface area contributed by atoms with E-state index in [2.05, 4.69) is 12.2 Å². The fraction of sp³-hybridized carbons (Fsp3) is 0.545. The molecule has 0 radical (unpaired) electrons. The first-order valence-corrected chi connectivity index (χ1v) is 4.80. The first-order chi connectivity index (χ1) is 6.24. The molecule has 2 aliphatic rings. The average molecular weight is 178 g/mol. The van der Waals surface area contributed by atoms with Gasteiger partial charge in [-0.2, -0.15) is 0 Å². The van der Waals surface area contributed by atoms with Crippen LogP contribution in [0.3, 0.4) is 0 Å². The predicted molar refractivity (Wildman–Crippen MR) is 50.1 cm³/mol.